The Bertz CT molecular complexity index is 4080. The molecular weight excluding hydrogens is 1430 g/mol. The van der Waals surface area contributed by atoms with Crippen LogP contribution in [-0.2, 0) is 42.8 Å². The van der Waals surface area contributed by atoms with Gasteiger partial charge in [-0.1, -0.05) is 46.9 Å². The molecule has 0 unspecified atom stereocenters. The van der Waals surface area contributed by atoms with Crippen LogP contribution >= 0.6 is 80.4 Å². The fourth-order valence-corrected chi connectivity index (χ4v) is 13.4. The second kappa shape index (κ2) is 33.7. The number of hydrogen-bond acceptors (Lipinski definition) is 21. The van der Waals surface area contributed by atoms with Crippen LogP contribution in [0.15, 0.2) is 133 Å². The molecule has 0 saturated carbocycles. The number of nitrogens with two attached hydrogens (primary N) is 1. The molecule has 0 aliphatic carbocycles. The number of carbonyl (C=O) groups excluding carboxylic acids is 10. The van der Waals surface area contributed by atoms with Crippen LogP contribution in [0.5, 0.6) is 0 Å². The van der Waals surface area contributed by atoms with Crippen molar-refractivity contribution < 1.29 is 86.3 Å². The summed E-state index contributed by atoms with van der Waals surface area (Å²) in [7, 11) is 0. The summed E-state index contributed by atoms with van der Waals surface area (Å²) in [5, 5.41) is 10.7. The summed E-state index contributed by atoms with van der Waals surface area (Å²) in [4.78, 5) is 142. The molecule has 4 aromatic carbocycles. The van der Waals surface area contributed by atoms with E-state index >= 15 is 0 Å². The monoisotopic (exact) mass is 1490 g/mol. The second-order valence-electron chi connectivity index (χ2n) is 21.8. The number of benzene rings is 4. The van der Waals surface area contributed by atoms with Gasteiger partial charge in [0, 0.05) is 60.3 Å². The van der Waals surface area contributed by atoms with Gasteiger partial charge in [-0.2, -0.15) is 0 Å². The molecule has 6 fully saturated rings. The predicted molar refractivity (Wildman–Crippen MR) is 370 cm³/mol. The summed E-state index contributed by atoms with van der Waals surface area (Å²) < 4.78 is 32.9. The van der Waals surface area contributed by atoms with Gasteiger partial charge in [0.1, 0.15) is 43.0 Å². The van der Waals surface area contributed by atoms with Crippen molar-refractivity contribution in [1.29, 1.82) is 0 Å². The highest BCUT2D eigenvalue weighted by atomic mass is 35.5. The van der Waals surface area contributed by atoms with E-state index in [2.05, 4.69) is 5.32 Å². The summed E-state index contributed by atoms with van der Waals surface area (Å²) in [6.45, 7) is 4.75. The Morgan fingerprint density at radius 2 is 0.808 bits per heavy atom. The maximum absolute atomic E-state index is 12.6. The highest BCUT2D eigenvalue weighted by molar-refractivity contribution is 7.19. The first-order chi connectivity index (χ1) is 47.6. The largest absolute Gasteiger partial charge is 0.477 e. The molecule has 7 aliphatic heterocycles. The van der Waals surface area contributed by atoms with Gasteiger partial charge in [-0.15, -0.1) is 34.0 Å². The van der Waals surface area contributed by atoms with Crippen LogP contribution in [0.25, 0.3) is 0 Å². The zero-order valence-electron chi connectivity index (χ0n) is 51.9. The van der Waals surface area contributed by atoms with Crippen LogP contribution in [0.4, 0.5) is 48.5 Å². The van der Waals surface area contributed by atoms with E-state index < -0.39 is 35.6 Å². The number of aromatic carboxylic acids is 1. The van der Waals surface area contributed by atoms with Gasteiger partial charge in [-0.05, 0) is 133 Å². The molecule has 9 amide bonds. The van der Waals surface area contributed by atoms with Gasteiger partial charge in [0.05, 0.1) is 86.4 Å². The fraction of sp³-hybridized carbons (Fsp3) is 0.277. The van der Waals surface area contributed by atoms with Crippen LogP contribution in [0.2, 0.25) is 13.0 Å². The smallest absolute Gasteiger partial charge is 0.414 e. The number of fused-ring (bicyclic) bond motifs is 1. The zero-order chi connectivity index (χ0) is 70.4. The average Bonchev–Trinajstić information content (AvgIpc) is 1.65. The lowest BCUT2D eigenvalue weighted by molar-refractivity contribution is -0.126. The molecule has 27 nitrogen and oxygen atoms in total. The number of anilines is 6. The Morgan fingerprint density at radius 3 is 1.13 bits per heavy atom. The molecule has 34 heteroatoms. The maximum atomic E-state index is 12.6. The van der Waals surface area contributed by atoms with E-state index in [0.717, 1.165) is 39.0 Å². The molecule has 0 spiro atoms. The molecule has 10 heterocycles. The highest BCUT2D eigenvalue weighted by Gasteiger charge is 2.41. The standard InChI is InChI=1S/C22H19N3O6.C19H18ClN3O5S.C14H17N3O4.C5H2Cl2OS.C5H3ClO2S/c26-19-13-30-10-9-23(19)14-5-7-15(8-6-14)24-11-16(31-22(24)29)12-25-20(27)17-3-1-2-4-18(17)21(25)28;20-16-6-5-15(29-16)18(25)21-9-14-10-23(19(26)28-14)13-3-1-12(2-4-13)22-7-8-27-11-17(22)24;15-7-12-8-17(14(19)21-12)11-3-1-10(2-4-11)16-5-6-20-9-13(16)18;2*6-4-2-1-3(9-4)5(7)8/h1-8,16H,9-13H2;1-6,14H,7-11H2,(H,21,25);1-4,12H,5-9,15H2;1-2H;1-2H,(H,7,8)/t16-;14-;12-;;/m011../s1. The van der Waals surface area contributed by atoms with Gasteiger partial charge in [-0.25, -0.2) is 19.2 Å². The molecule has 14 rings (SSSR count). The molecule has 7 aliphatic rings. The number of nitrogens with zero attached hydrogens (tertiary/aromatic N) is 7. The van der Waals surface area contributed by atoms with Crippen molar-refractivity contribution in [3.05, 3.63) is 172 Å². The molecule has 3 atom stereocenters. The average molecular weight is 1490 g/mol. The number of ether oxygens (including phenoxy) is 6. The van der Waals surface area contributed by atoms with Crippen molar-refractivity contribution in [2.75, 3.05) is 128 Å². The van der Waals surface area contributed by atoms with Gasteiger partial charge in [-0.3, -0.25) is 53.2 Å². The van der Waals surface area contributed by atoms with E-state index in [0.29, 0.717) is 104 Å². The summed E-state index contributed by atoms with van der Waals surface area (Å²) in [5.41, 5.74) is 10.5. The number of nitrogens with one attached hydrogen (secondary N) is 1. The van der Waals surface area contributed by atoms with Gasteiger partial charge in [0.2, 0.25) is 0 Å². The zero-order valence-corrected chi connectivity index (χ0v) is 57.3. The topological polar surface area (TPSA) is 324 Å². The SMILES string of the molecule is NC[C@@H]1CN(c2ccc(N3CCOCC3=O)cc2)C(=O)O1.O=C(Cl)c1ccc(Cl)s1.O=C(NC[C@@H]1CN(c2ccc(N3CCOCC3=O)cc2)C(=O)O1)c1ccc(Cl)s1.O=C(O)c1ccc(Cl)s1.O=C1c2ccccc2C(=O)N1C[C@@H]1CN(c2ccc(N3CCOCC3=O)cc2)C(=O)O1. The van der Waals surface area contributed by atoms with Crippen molar-refractivity contribution >= 4 is 179 Å². The van der Waals surface area contributed by atoms with Crippen molar-refractivity contribution in [1.82, 2.24) is 10.2 Å². The van der Waals surface area contributed by atoms with E-state index in [9.17, 15) is 52.7 Å². The van der Waals surface area contributed by atoms with Gasteiger partial charge in [0.15, 0.2) is 0 Å². The van der Waals surface area contributed by atoms with Gasteiger partial charge in [0.25, 0.3) is 40.7 Å². The minimum atomic E-state index is -0.924. The molecule has 3 aromatic heterocycles. The number of cyclic esters (lactones) is 3. The third-order valence-electron chi connectivity index (χ3n) is 15.4. The van der Waals surface area contributed by atoms with Crippen LogP contribution in [0, 0.1) is 0 Å². The molecule has 0 radical (unpaired) electrons. The van der Waals surface area contributed by atoms with Crippen molar-refractivity contribution in [2.24, 2.45) is 5.73 Å². The number of imide groups is 1. The lowest BCUT2D eigenvalue weighted by Gasteiger charge is -2.27. The first-order valence-corrected chi connectivity index (χ1v) is 34.1. The number of halogens is 4. The highest BCUT2D eigenvalue weighted by Crippen LogP contribution is 2.32. The summed E-state index contributed by atoms with van der Waals surface area (Å²) in [5.74, 6) is -2.20. The number of morpholine rings is 3. The number of amides is 9. The van der Waals surface area contributed by atoms with Gasteiger partial charge >= 0.3 is 24.2 Å². The summed E-state index contributed by atoms with van der Waals surface area (Å²) >= 11 is 25.4. The lowest BCUT2D eigenvalue weighted by Crippen LogP contribution is -2.41. The molecule has 0 bridgehead atoms. The lowest BCUT2D eigenvalue weighted by atomic mass is 10.1. The molecule has 518 valence electrons. The van der Waals surface area contributed by atoms with Crippen LogP contribution in [-0.4, -0.2) is 192 Å². The minimum Gasteiger partial charge on any atom is -0.477 e. The second-order valence-corrected chi connectivity index (χ2v) is 27.3. The summed E-state index contributed by atoms with van der Waals surface area (Å²) in [6.07, 6.45) is -2.76. The Hall–Kier alpha value is -9.05. The maximum Gasteiger partial charge on any atom is 0.414 e. The Morgan fingerprint density at radius 1 is 0.465 bits per heavy atom. The van der Waals surface area contributed by atoms with Crippen LogP contribution < -0.4 is 40.4 Å². The molecule has 99 heavy (non-hydrogen) atoms. The Labute approximate surface area is 596 Å². The molecule has 6 saturated heterocycles. The van der Waals surface area contributed by atoms with Crippen molar-refractivity contribution in [3.8, 4) is 0 Å². The Kier molecular flexibility index (Phi) is 24.7. The van der Waals surface area contributed by atoms with Crippen molar-refractivity contribution in [2.45, 2.75) is 18.3 Å². The first-order valence-electron chi connectivity index (χ1n) is 30.1. The van der Waals surface area contributed by atoms with E-state index in [4.69, 9.17) is 85.7 Å². The number of rotatable bonds is 14. The third-order valence-corrected chi connectivity index (χ3v) is 19.4. The number of thiophene rings is 3. The quantitative estimate of drug-likeness (QED) is 0.0518. The minimum absolute atomic E-state index is 0.00501. The van der Waals surface area contributed by atoms with E-state index in [1.54, 1.807) is 135 Å². The number of carboxylic acids is 1. The number of hydrogen-bond donors (Lipinski definition) is 3. The molecule has 7 aromatic rings. The van der Waals surface area contributed by atoms with Crippen LogP contribution in [0.3, 0.4) is 0 Å². The van der Waals surface area contributed by atoms with E-state index in [-0.39, 0.29) is 92.0 Å². The first kappa shape index (κ1) is 72.7. The summed E-state index contributed by atoms with van der Waals surface area (Å²) in [6, 6.07) is 37.6. The Balaban J connectivity index is 0.000000144. The van der Waals surface area contributed by atoms with Gasteiger partial charge < -0.3 is 59.3 Å². The van der Waals surface area contributed by atoms with E-state index in [1.807, 2.05) is 12.1 Å². The van der Waals surface area contributed by atoms with Crippen molar-refractivity contribution in [3.63, 3.8) is 0 Å². The number of carboxylic acid groups (broad SMARTS) is 1. The predicted octanol–water partition coefficient (Wildman–Crippen LogP) is 9.41. The van der Waals surface area contributed by atoms with E-state index in [1.165, 1.54) is 38.5 Å². The number of carbonyl (C=O) groups is 11. The molecular formula is C65H59Cl4N9O18S3. The fourth-order valence-electron chi connectivity index (χ4n) is 10.5. The molecule has 4 N–H and O–H groups in total. The third kappa shape index (κ3) is 18.4. The van der Waals surface area contributed by atoms with Crippen LogP contribution in [0.1, 0.15) is 49.7 Å². The normalized spacial score (nSPS) is 18.8.